The minimum atomic E-state index is 0.589. The first-order valence-corrected chi connectivity index (χ1v) is 16.6. The number of furan rings is 2. The molecule has 0 atom stereocenters. The van der Waals surface area contributed by atoms with Crippen molar-refractivity contribution in [2.45, 2.75) is 0 Å². The lowest BCUT2D eigenvalue weighted by atomic mass is 9.91. The van der Waals surface area contributed by atoms with E-state index in [1.807, 2.05) is 84.9 Å². The van der Waals surface area contributed by atoms with Gasteiger partial charge in [0.2, 0.25) is 0 Å². The van der Waals surface area contributed by atoms with Gasteiger partial charge in [0.1, 0.15) is 22.3 Å². The van der Waals surface area contributed by atoms with Gasteiger partial charge in [-0.2, -0.15) is 0 Å². The van der Waals surface area contributed by atoms with Crippen LogP contribution in [-0.4, -0.2) is 15.0 Å². The van der Waals surface area contributed by atoms with Gasteiger partial charge in [0.25, 0.3) is 0 Å². The van der Waals surface area contributed by atoms with Crippen LogP contribution in [0.1, 0.15) is 0 Å². The van der Waals surface area contributed by atoms with E-state index in [1.54, 1.807) is 0 Å². The third kappa shape index (κ3) is 4.60. The Hall–Kier alpha value is -6.85. The van der Waals surface area contributed by atoms with E-state index in [0.717, 1.165) is 82.8 Å². The van der Waals surface area contributed by atoms with Crippen molar-refractivity contribution >= 4 is 43.9 Å². The van der Waals surface area contributed by atoms with Gasteiger partial charge in [-0.25, -0.2) is 15.0 Å². The molecule has 10 rings (SSSR count). The molecule has 0 aliphatic rings. The molecule has 0 spiro atoms. The van der Waals surface area contributed by atoms with E-state index >= 15 is 0 Å². The quantitative estimate of drug-likeness (QED) is 0.187. The number of rotatable bonds is 5. The average Bonchev–Trinajstić information content (AvgIpc) is 3.77. The topological polar surface area (TPSA) is 65.0 Å². The Balaban J connectivity index is 1.14. The maximum Gasteiger partial charge on any atom is 0.164 e. The normalized spacial score (nSPS) is 11.6. The van der Waals surface area contributed by atoms with Crippen LogP contribution in [0.15, 0.2) is 173 Å². The summed E-state index contributed by atoms with van der Waals surface area (Å²) < 4.78 is 13.0. The summed E-state index contributed by atoms with van der Waals surface area (Å²) in [7, 11) is 0. The summed E-state index contributed by atoms with van der Waals surface area (Å²) in [6.45, 7) is 0. The van der Waals surface area contributed by atoms with Gasteiger partial charge in [0.05, 0.1) is 0 Å². The van der Waals surface area contributed by atoms with Crippen LogP contribution in [0.25, 0.3) is 100 Å². The molecular formula is C45H27N3O2. The van der Waals surface area contributed by atoms with Gasteiger partial charge in [-0.05, 0) is 41.0 Å². The summed E-state index contributed by atoms with van der Waals surface area (Å²) in [5.41, 5.74) is 10.4. The van der Waals surface area contributed by atoms with E-state index < -0.39 is 0 Å². The Labute approximate surface area is 287 Å². The molecule has 0 fully saturated rings. The molecule has 5 heteroatoms. The molecule has 3 aromatic heterocycles. The zero-order valence-electron chi connectivity index (χ0n) is 26.7. The highest BCUT2D eigenvalue weighted by Crippen LogP contribution is 2.43. The molecule has 0 bridgehead atoms. The van der Waals surface area contributed by atoms with Crippen molar-refractivity contribution in [3.8, 4) is 56.4 Å². The first kappa shape index (κ1) is 28.2. The Morgan fingerprint density at radius 1 is 0.320 bits per heavy atom. The van der Waals surface area contributed by atoms with Crippen LogP contribution in [0.3, 0.4) is 0 Å². The smallest absolute Gasteiger partial charge is 0.164 e. The molecule has 234 valence electrons. The van der Waals surface area contributed by atoms with Crippen LogP contribution >= 0.6 is 0 Å². The van der Waals surface area contributed by atoms with E-state index in [0.29, 0.717) is 17.5 Å². The number of fused-ring (bicyclic) bond motifs is 6. The molecule has 10 aromatic rings. The summed E-state index contributed by atoms with van der Waals surface area (Å²) in [6.07, 6.45) is 0. The molecule has 0 saturated carbocycles. The minimum absolute atomic E-state index is 0.589. The average molecular weight is 642 g/mol. The Bertz CT molecular complexity index is 2810. The van der Waals surface area contributed by atoms with Crippen LogP contribution < -0.4 is 0 Å². The molecule has 0 N–H and O–H groups in total. The molecule has 3 heterocycles. The van der Waals surface area contributed by atoms with Gasteiger partial charge in [0.15, 0.2) is 17.5 Å². The SMILES string of the molecule is c1ccc(-c2nc(-c3ccccc3)nc(-c3ccc4c(c3)oc3c(-c5ccccc5-c5cccc6oc7ccccc7c56)cccc34)n2)cc1. The third-order valence-electron chi connectivity index (χ3n) is 9.37. The fourth-order valence-corrected chi connectivity index (χ4v) is 7.04. The van der Waals surface area contributed by atoms with Crippen LogP contribution in [0.5, 0.6) is 0 Å². The molecule has 0 aliphatic heterocycles. The number of hydrogen-bond donors (Lipinski definition) is 0. The second-order valence-corrected chi connectivity index (χ2v) is 12.4. The largest absolute Gasteiger partial charge is 0.456 e. The van der Waals surface area contributed by atoms with Crippen LogP contribution in [0.2, 0.25) is 0 Å². The summed E-state index contributed by atoms with van der Waals surface area (Å²) in [5.74, 6) is 1.84. The van der Waals surface area contributed by atoms with Crippen molar-refractivity contribution < 1.29 is 8.83 Å². The second-order valence-electron chi connectivity index (χ2n) is 12.4. The number of aromatic nitrogens is 3. The summed E-state index contributed by atoms with van der Waals surface area (Å²) in [5, 5.41) is 4.30. The summed E-state index contributed by atoms with van der Waals surface area (Å²) in [4.78, 5) is 14.7. The zero-order valence-corrected chi connectivity index (χ0v) is 26.7. The minimum Gasteiger partial charge on any atom is -0.456 e. The van der Waals surface area contributed by atoms with Gasteiger partial charge in [-0.1, -0.05) is 140 Å². The van der Waals surface area contributed by atoms with Gasteiger partial charge >= 0.3 is 0 Å². The Morgan fingerprint density at radius 2 is 0.860 bits per heavy atom. The molecule has 0 radical (unpaired) electrons. The van der Waals surface area contributed by atoms with E-state index in [1.165, 1.54) is 0 Å². The highest BCUT2D eigenvalue weighted by atomic mass is 16.3. The lowest BCUT2D eigenvalue weighted by molar-refractivity contribution is 0.669. The monoisotopic (exact) mass is 641 g/mol. The van der Waals surface area contributed by atoms with Crippen molar-refractivity contribution in [2.75, 3.05) is 0 Å². The predicted molar refractivity (Wildman–Crippen MR) is 202 cm³/mol. The van der Waals surface area contributed by atoms with Crippen LogP contribution in [0.4, 0.5) is 0 Å². The van der Waals surface area contributed by atoms with Crippen molar-refractivity contribution in [2.24, 2.45) is 0 Å². The van der Waals surface area contributed by atoms with Gasteiger partial charge < -0.3 is 8.83 Å². The maximum absolute atomic E-state index is 6.77. The molecule has 0 saturated heterocycles. The molecule has 0 amide bonds. The van der Waals surface area contributed by atoms with Crippen molar-refractivity contribution in [3.63, 3.8) is 0 Å². The Kier molecular flexibility index (Phi) is 6.42. The van der Waals surface area contributed by atoms with Crippen LogP contribution in [0, 0.1) is 0 Å². The lowest BCUT2D eigenvalue weighted by Gasteiger charge is -2.12. The third-order valence-corrected chi connectivity index (χ3v) is 9.37. The van der Waals surface area contributed by atoms with Gasteiger partial charge in [-0.15, -0.1) is 0 Å². The van der Waals surface area contributed by atoms with E-state index in [9.17, 15) is 0 Å². The van der Waals surface area contributed by atoms with E-state index in [2.05, 4.69) is 78.9 Å². The highest BCUT2D eigenvalue weighted by Gasteiger charge is 2.19. The number of benzene rings is 7. The first-order chi connectivity index (χ1) is 24.8. The fraction of sp³-hybridized carbons (Fsp3) is 0. The van der Waals surface area contributed by atoms with Crippen LogP contribution in [-0.2, 0) is 0 Å². The first-order valence-electron chi connectivity index (χ1n) is 16.6. The number of hydrogen-bond acceptors (Lipinski definition) is 5. The maximum atomic E-state index is 6.77. The lowest BCUT2D eigenvalue weighted by Crippen LogP contribution is -2.00. The fourth-order valence-electron chi connectivity index (χ4n) is 7.04. The Morgan fingerprint density at radius 3 is 1.60 bits per heavy atom. The predicted octanol–water partition coefficient (Wildman–Crippen LogP) is 12.0. The van der Waals surface area contributed by atoms with E-state index in [4.69, 9.17) is 23.8 Å². The molecule has 5 nitrogen and oxygen atoms in total. The summed E-state index contributed by atoms with van der Waals surface area (Å²) in [6, 6.07) is 55.7. The second kappa shape index (κ2) is 11.4. The van der Waals surface area contributed by atoms with E-state index in [-0.39, 0.29) is 0 Å². The molecule has 0 unspecified atom stereocenters. The standard InChI is InChI=1S/C45H27N3O2/c1-3-13-28(14-4-1)43-46-44(29-15-5-2-6-16-29)48-45(47-43)30-25-26-33-36-22-11-21-35(42(36)50-40(33)27-30)32-18-8-7-17-31(32)34-20-12-24-39-41(34)37-19-9-10-23-38(37)49-39/h1-27H. The molecule has 7 aromatic carbocycles. The highest BCUT2D eigenvalue weighted by molar-refractivity contribution is 6.15. The molecule has 50 heavy (non-hydrogen) atoms. The van der Waals surface area contributed by atoms with Crippen molar-refractivity contribution in [1.29, 1.82) is 0 Å². The number of para-hydroxylation sites is 2. The zero-order chi connectivity index (χ0) is 33.0. The van der Waals surface area contributed by atoms with Gasteiger partial charge in [-0.3, -0.25) is 0 Å². The van der Waals surface area contributed by atoms with Crippen molar-refractivity contribution in [1.82, 2.24) is 15.0 Å². The number of nitrogens with zero attached hydrogens (tertiary/aromatic N) is 3. The van der Waals surface area contributed by atoms with Crippen molar-refractivity contribution in [3.05, 3.63) is 164 Å². The molecular weight excluding hydrogens is 615 g/mol. The summed E-state index contributed by atoms with van der Waals surface area (Å²) >= 11 is 0. The molecule has 0 aliphatic carbocycles. The van der Waals surface area contributed by atoms with Gasteiger partial charge in [0, 0.05) is 43.8 Å².